The van der Waals surface area contributed by atoms with E-state index in [1.54, 1.807) is 6.07 Å². The molecule has 0 radical (unpaired) electrons. The van der Waals surface area contributed by atoms with Crippen LogP contribution in [0.5, 0.6) is 5.75 Å². The van der Waals surface area contributed by atoms with E-state index in [9.17, 15) is 27.2 Å². The van der Waals surface area contributed by atoms with Crippen LogP contribution in [0, 0.1) is 5.82 Å². The Bertz CT molecular complexity index is 1200. The van der Waals surface area contributed by atoms with Crippen LogP contribution in [0.25, 0.3) is 0 Å². The molecule has 2 fully saturated rings. The van der Waals surface area contributed by atoms with Crippen LogP contribution in [0.1, 0.15) is 32.3 Å². The van der Waals surface area contributed by atoms with Crippen molar-refractivity contribution in [2.75, 3.05) is 18.0 Å². The molecule has 3 amide bonds. The number of aliphatic carboxylic acids is 1. The molecule has 0 atom stereocenters. The van der Waals surface area contributed by atoms with Crippen LogP contribution in [-0.4, -0.2) is 58.8 Å². The first-order valence-corrected chi connectivity index (χ1v) is 12.4. The Morgan fingerprint density at radius 3 is 2.37 bits per heavy atom. The summed E-state index contributed by atoms with van der Waals surface area (Å²) in [7, 11) is 0. The number of rotatable bonds is 5. The number of piperidine rings is 1. The third kappa shape index (κ3) is 6.81. The number of anilines is 1. The van der Waals surface area contributed by atoms with E-state index in [4.69, 9.17) is 14.6 Å². The second-order valence-electron chi connectivity index (χ2n) is 9.12. The Morgan fingerprint density at radius 1 is 1.16 bits per heavy atom. The highest BCUT2D eigenvalue weighted by atomic mass is 79.9. The summed E-state index contributed by atoms with van der Waals surface area (Å²) in [6, 6.07) is 11.7. The first-order chi connectivity index (χ1) is 17.7. The fourth-order valence-corrected chi connectivity index (χ4v) is 4.77. The van der Waals surface area contributed by atoms with Gasteiger partial charge in [-0.05, 0) is 78.5 Å². The summed E-state index contributed by atoms with van der Waals surface area (Å²) in [5.41, 5.74) is 0.494. The van der Waals surface area contributed by atoms with Crippen molar-refractivity contribution in [1.29, 1.82) is 0 Å². The van der Waals surface area contributed by atoms with Gasteiger partial charge in [-0.1, -0.05) is 12.1 Å². The highest BCUT2D eigenvalue weighted by Gasteiger charge is 2.55. The van der Waals surface area contributed by atoms with Gasteiger partial charge in [-0.25, -0.2) is 14.0 Å². The van der Waals surface area contributed by atoms with Crippen molar-refractivity contribution < 1.29 is 41.8 Å². The van der Waals surface area contributed by atoms with E-state index in [0.717, 1.165) is 17.9 Å². The van der Waals surface area contributed by atoms with E-state index >= 15 is 0 Å². The lowest BCUT2D eigenvalue weighted by atomic mass is 9.85. The quantitative estimate of drug-likeness (QED) is 0.364. The number of alkyl halides is 3. The lowest BCUT2D eigenvalue weighted by molar-refractivity contribution is -0.192. The van der Waals surface area contributed by atoms with Gasteiger partial charge in [0, 0.05) is 24.1 Å². The Hall–Kier alpha value is -3.19. The minimum Gasteiger partial charge on any atom is -0.491 e. The average molecular weight is 604 g/mol. The van der Waals surface area contributed by atoms with E-state index < -0.39 is 29.5 Å². The summed E-state index contributed by atoms with van der Waals surface area (Å²) in [6.45, 7) is 5.99. The Balaban J connectivity index is 0.000000505. The maximum absolute atomic E-state index is 13.9. The van der Waals surface area contributed by atoms with E-state index in [1.165, 1.54) is 17.0 Å². The molecule has 2 aliphatic heterocycles. The molecule has 0 bridgehead atoms. The summed E-state index contributed by atoms with van der Waals surface area (Å²) >= 11 is 3.40. The number of nitrogens with one attached hydrogen (secondary N) is 1. The molecule has 2 aliphatic rings. The van der Waals surface area contributed by atoms with Crippen molar-refractivity contribution in [3.8, 4) is 5.75 Å². The van der Waals surface area contributed by atoms with Gasteiger partial charge in [0.05, 0.1) is 11.8 Å². The highest BCUT2D eigenvalue weighted by Crippen LogP contribution is 2.40. The zero-order chi connectivity index (χ0) is 28.3. The van der Waals surface area contributed by atoms with Gasteiger partial charge in [0.1, 0.15) is 17.1 Å². The number of carbonyl (C=O) groups excluding carboxylic acids is 2. The van der Waals surface area contributed by atoms with Crippen molar-refractivity contribution in [2.45, 2.75) is 51.1 Å². The van der Waals surface area contributed by atoms with Crippen LogP contribution in [-0.2, 0) is 16.1 Å². The summed E-state index contributed by atoms with van der Waals surface area (Å²) in [5.74, 6) is -2.70. The SMILES string of the molecule is CC(C)Oc1cccc(CN2CCC3(CC2)C(=O)NC(=O)N3c2cc(F)ccc2Br)c1.O=C(O)C(F)(F)F. The number of halogens is 5. The number of carbonyl (C=O) groups is 3. The minimum atomic E-state index is -5.08. The van der Waals surface area contributed by atoms with Crippen molar-refractivity contribution in [3.63, 3.8) is 0 Å². The van der Waals surface area contributed by atoms with E-state index in [0.29, 0.717) is 36.1 Å². The van der Waals surface area contributed by atoms with Crippen molar-refractivity contribution >= 4 is 39.5 Å². The zero-order valence-electron chi connectivity index (χ0n) is 20.5. The van der Waals surface area contributed by atoms with Crippen molar-refractivity contribution in [1.82, 2.24) is 10.2 Å². The molecular formula is C25H26BrF4N3O5. The number of likely N-dealkylation sites (tertiary alicyclic amines) is 1. The molecule has 2 heterocycles. The predicted octanol–water partition coefficient (Wildman–Crippen LogP) is 5.10. The smallest absolute Gasteiger partial charge is 0.490 e. The first kappa shape index (κ1) is 29.4. The summed E-state index contributed by atoms with van der Waals surface area (Å²) in [5, 5.41) is 9.56. The van der Waals surface area contributed by atoms with Gasteiger partial charge in [-0.15, -0.1) is 0 Å². The lowest BCUT2D eigenvalue weighted by Crippen LogP contribution is -2.56. The monoisotopic (exact) mass is 603 g/mol. The zero-order valence-corrected chi connectivity index (χ0v) is 22.1. The van der Waals surface area contributed by atoms with E-state index in [-0.39, 0.29) is 12.0 Å². The second kappa shape index (κ2) is 11.7. The molecule has 8 nitrogen and oxygen atoms in total. The van der Waals surface area contributed by atoms with Gasteiger partial charge in [0.15, 0.2) is 0 Å². The summed E-state index contributed by atoms with van der Waals surface area (Å²) in [4.78, 5) is 38.1. The number of urea groups is 1. The van der Waals surface area contributed by atoms with Gasteiger partial charge in [-0.3, -0.25) is 19.9 Å². The lowest BCUT2D eigenvalue weighted by Gasteiger charge is -2.42. The average Bonchev–Trinajstić information content (AvgIpc) is 3.05. The van der Waals surface area contributed by atoms with Crippen molar-refractivity contribution in [2.24, 2.45) is 0 Å². The number of carboxylic acids is 1. The normalized spacial score (nSPS) is 17.3. The fourth-order valence-electron chi connectivity index (χ4n) is 4.34. The molecule has 13 heteroatoms. The van der Waals surface area contributed by atoms with Crippen LogP contribution >= 0.6 is 15.9 Å². The minimum absolute atomic E-state index is 0.108. The number of hydrogen-bond donors (Lipinski definition) is 2. The highest BCUT2D eigenvalue weighted by molar-refractivity contribution is 9.10. The second-order valence-corrected chi connectivity index (χ2v) is 9.97. The Kier molecular flexibility index (Phi) is 9.03. The summed E-state index contributed by atoms with van der Waals surface area (Å²) in [6.07, 6.45) is -4.04. The number of amides is 3. The molecule has 0 aliphatic carbocycles. The molecule has 2 aromatic rings. The predicted molar refractivity (Wildman–Crippen MR) is 133 cm³/mol. The molecule has 2 saturated heterocycles. The maximum Gasteiger partial charge on any atom is 0.490 e. The third-order valence-corrected chi connectivity index (χ3v) is 6.70. The molecule has 206 valence electrons. The molecule has 2 N–H and O–H groups in total. The topological polar surface area (TPSA) is 99.2 Å². The standard InChI is InChI=1S/C23H25BrFN3O3.C2HF3O2/c1-15(2)31-18-5-3-4-16(12-18)14-27-10-8-23(9-11-27)21(29)26-22(30)28(23)20-13-17(25)6-7-19(20)24;3-2(4,5)1(6)7/h3-7,12-13,15H,8-11,14H2,1-2H3,(H,26,29,30);(H,6,7). The van der Waals surface area contributed by atoms with Gasteiger partial charge in [0.25, 0.3) is 5.91 Å². The number of benzene rings is 2. The van der Waals surface area contributed by atoms with E-state index in [1.807, 2.05) is 32.0 Å². The van der Waals surface area contributed by atoms with E-state index in [2.05, 4.69) is 32.2 Å². The van der Waals surface area contributed by atoms with Gasteiger partial charge in [-0.2, -0.15) is 13.2 Å². The van der Waals surface area contributed by atoms with Crippen LogP contribution in [0.3, 0.4) is 0 Å². The van der Waals surface area contributed by atoms with Gasteiger partial charge < -0.3 is 9.84 Å². The number of nitrogens with zero attached hydrogens (tertiary/aromatic N) is 2. The Labute approximate surface area is 224 Å². The Morgan fingerprint density at radius 2 is 1.79 bits per heavy atom. The number of carboxylic acid groups (broad SMARTS) is 1. The molecular weight excluding hydrogens is 578 g/mol. The first-order valence-electron chi connectivity index (χ1n) is 11.6. The van der Waals surface area contributed by atoms with Crippen LogP contribution in [0.15, 0.2) is 46.9 Å². The molecule has 1 spiro atoms. The van der Waals surface area contributed by atoms with Crippen LogP contribution < -0.4 is 15.0 Å². The molecule has 0 saturated carbocycles. The number of ether oxygens (including phenoxy) is 1. The van der Waals surface area contributed by atoms with Crippen LogP contribution in [0.2, 0.25) is 0 Å². The molecule has 0 unspecified atom stereocenters. The third-order valence-electron chi connectivity index (χ3n) is 6.03. The van der Waals surface area contributed by atoms with Gasteiger partial charge in [0.2, 0.25) is 0 Å². The number of hydrogen-bond acceptors (Lipinski definition) is 5. The fraction of sp³-hybridized carbons (Fsp3) is 0.400. The molecule has 38 heavy (non-hydrogen) atoms. The largest absolute Gasteiger partial charge is 0.491 e. The summed E-state index contributed by atoms with van der Waals surface area (Å²) < 4.78 is 52.0. The number of imide groups is 1. The van der Waals surface area contributed by atoms with Crippen LogP contribution in [0.4, 0.5) is 28.0 Å². The maximum atomic E-state index is 13.9. The van der Waals surface area contributed by atoms with Gasteiger partial charge >= 0.3 is 18.2 Å². The molecule has 0 aromatic heterocycles. The molecule has 4 rings (SSSR count). The molecule has 2 aromatic carbocycles. The van der Waals surface area contributed by atoms with Crippen molar-refractivity contribution in [3.05, 3.63) is 58.3 Å².